The third kappa shape index (κ3) is 2.54. The van der Waals surface area contributed by atoms with Crippen molar-refractivity contribution in [3.8, 4) is 0 Å². The van der Waals surface area contributed by atoms with Crippen molar-refractivity contribution in [1.29, 1.82) is 0 Å². The van der Waals surface area contributed by atoms with Crippen molar-refractivity contribution < 1.29 is 4.39 Å². The van der Waals surface area contributed by atoms with E-state index in [0.717, 1.165) is 22.4 Å². The molecular formula is C17H18FN3. The number of aromatic nitrogens is 2. The molecule has 3 nitrogen and oxygen atoms in total. The van der Waals surface area contributed by atoms with Crippen LogP contribution in [0.1, 0.15) is 18.3 Å². The van der Waals surface area contributed by atoms with E-state index in [9.17, 15) is 4.39 Å². The van der Waals surface area contributed by atoms with Crippen molar-refractivity contribution in [3.63, 3.8) is 0 Å². The van der Waals surface area contributed by atoms with Crippen molar-refractivity contribution in [3.05, 3.63) is 65.7 Å². The fourth-order valence-corrected chi connectivity index (χ4v) is 2.63. The maximum absolute atomic E-state index is 13.4. The van der Waals surface area contributed by atoms with E-state index in [1.54, 1.807) is 6.07 Å². The molecule has 0 aliphatic rings. The fourth-order valence-electron chi connectivity index (χ4n) is 2.63. The van der Waals surface area contributed by atoms with Crippen LogP contribution in [0.4, 0.5) is 4.39 Å². The zero-order chi connectivity index (χ0) is 15.0. The third-order valence-corrected chi connectivity index (χ3v) is 3.89. The molecule has 1 unspecified atom stereocenters. The summed E-state index contributed by atoms with van der Waals surface area (Å²) in [4.78, 5) is 4.63. The van der Waals surface area contributed by atoms with E-state index in [0.29, 0.717) is 6.42 Å². The van der Waals surface area contributed by atoms with Crippen molar-refractivity contribution in [2.24, 2.45) is 12.8 Å². The number of hydrogen-bond acceptors (Lipinski definition) is 2. The molecule has 3 aromatic rings. The Hall–Kier alpha value is -2.20. The van der Waals surface area contributed by atoms with Crippen LogP contribution >= 0.6 is 0 Å². The Labute approximate surface area is 123 Å². The lowest BCUT2D eigenvalue weighted by Gasteiger charge is -2.25. The summed E-state index contributed by atoms with van der Waals surface area (Å²) in [6.07, 6.45) is 0.543. The van der Waals surface area contributed by atoms with Gasteiger partial charge in [0.2, 0.25) is 0 Å². The van der Waals surface area contributed by atoms with Gasteiger partial charge in [-0.05, 0) is 36.8 Å². The zero-order valence-corrected chi connectivity index (χ0v) is 12.2. The molecule has 108 valence electrons. The largest absolute Gasteiger partial charge is 0.331 e. The number of nitrogens with two attached hydrogens (primary N) is 1. The van der Waals surface area contributed by atoms with Crippen molar-refractivity contribution in [1.82, 2.24) is 9.55 Å². The lowest BCUT2D eigenvalue weighted by Crippen LogP contribution is -2.36. The summed E-state index contributed by atoms with van der Waals surface area (Å²) in [5, 5.41) is 0. The predicted molar refractivity (Wildman–Crippen MR) is 82.4 cm³/mol. The molecule has 21 heavy (non-hydrogen) atoms. The van der Waals surface area contributed by atoms with Crippen LogP contribution in [-0.2, 0) is 19.0 Å². The first-order valence-corrected chi connectivity index (χ1v) is 6.93. The van der Waals surface area contributed by atoms with Gasteiger partial charge in [-0.2, -0.15) is 0 Å². The minimum absolute atomic E-state index is 0.269. The van der Waals surface area contributed by atoms with Gasteiger partial charge >= 0.3 is 0 Å². The van der Waals surface area contributed by atoms with Gasteiger partial charge in [-0.1, -0.05) is 24.3 Å². The number of imidazole rings is 1. The molecule has 0 aliphatic heterocycles. The fraction of sp³-hybridized carbons (Fsp3) is 0.235. The Bertz CT molecular complexity index is 790. The SMILES string of the molecule is Cn1c(CC(C)(N)c2cccc(F)c2)nc2ccccc21. The number of nitrogens with zero attached hydrogens (tertiary/aromatic N) is 2. The summed E-state index contributed by atoms with van der Waals surface area (Å²) in [6.45, 7) is 1.90. The molecule has 0 bridgehead atoms. The third-order valence-electron chi connectivity index (χ3n) is 3.89. The minimum atomic E-state index is -0.669. The van der Waals surface area contributed by atoms with Gasteiger partial charge in [0.25, 0.3) is 0 Å². The minimum Gasteiger partial charge on any atom is -0.331 e. The molecule has 0 amide bonds. The van der Waals surface area contributed by atoms with E-state index in [1.165, 1.54) is 12.1 Å². The molecule has 0 saturated heterocycles. The summed E-state index contributed by atoms with van der Waals surface area (Å²) in [7, 11) is 1.98. The molecule has 0 saturated carbocycles. The molecule has 4 heteroatoms. The molecular weight excluding hydrogens is 265 g/mol. The Kier molecular flexibility index (Phi) is 3.26. The standard InChI is InChI=1S/C17H18FN3/c1-17(19,12-6-5-7-13(18)10-12)11-16-20-14-8-3-4-9-15(14)21(16)2/h3-10H,11,19H2,1-2H3. The maximum Gasteiger partial charge on any atom is 0.123 e. The van der Waals surface area contributed by atoms with Gasteiger partial charge in [0.1, 0.15) is 11.6 Å². The maximum atomic E-state index is 13.4. The van der Waals surface area contributed by atoms with E-state index in [4.69, 9.17) is 5.73 Å². The number of halogens is 1. The highest BCUT2D eigenvalue weighted by molar-refractivity contribution is 5.75. The zero-order valence-electron chi connectivity index (χ0n) is 12.2. The first-order chi connectivity index (χ1) is 9.97. The highest BCUT2D eigenvalue weighted by atomic mass is 19.1. The monoisotopic (exact) mass is 283 g/mol. The molecule has 0 spiro atoms. The van der Waals surface area contributed by atoms with Gasteiger partial charge < -0.3 is 10.3 Å². The molecule has 2 N–H and O–H groups in total. The number of fused-ring (bicyclic) bond motifs is 1. The number of rotatable bonds is 3. The molecule has 0 fully saturated rings. The second-order valence-electron chi connectivity index (χ2n) is 5.68. The number of benzene rings is 2. The summed E-state index contributed by atoms with van der Waals surface area (Å²) in [5.74, 6) is 0.625. The summed E-state index contributed by atoms with van der Waals surface area (Å²) < 4.78 is 15.4. The van der Waals surface area contributed by atoms with E-state index in [1.807, 2.05) is 48.9 Å². The van der Waals surface area contributed by atoms with Gasteiger partial charge in [0.15, 0.2) is 0 Å². The molecule has 1 aromatic heterocycles. The van der Waals surface area contributed by atoms with Crippen LogP contribution in [0.15, 0.2) is 48.5 Å². The van der Waals surface area contributed by atoms with E-state index in [-0.39, 0.29) is 5.82 Å². The first kappa shape index (κ1) is 13.8. The van der Waals surface area contributed by atoms with Crippen LogP contribution in [-0.4, -0.2) is 9.55 Å². The van der Waals surface area contributed by atoms with E-state index >= 15 is 0 Å². The van der Waals surface area contributed by atoms with E-state index in [2.05, 4.69) is 4.98 Å². The Morgan fingerprint density at radius 1 is 1.19 bits per heavy atom. The van der Waals surface area contributed by atoms with Crippen LogP contribution in [0, 0.1) is 5.82 Å². The summed E-state index contributed by atoms with van der Waals surface area (Å²) in [5.41, 5.74) is 8.53. The first-order valence-electron chi connectivity index (χ1n) is 6.93. The number of hydrogen-bond donors (Lipinski definition) is 1. The van der Waals surface area contributed by atoms with Crippen LogP contribution in [0.25, 0.3) is 11.0 Å². The summed E-state index contributed by atoms with van der Waals surface area (Å²) in [6, 6.07) is 14.4. The smallest absolute Gasteiger partial charge is 0.123 e. The van der Waals surface area contributed by atoms with Gasteiger partial charge in [-0.3, -0.25) is 0 Å². The topological polar surface area (TPSA) is 43.8 Å². The van der Waals surface area contributed by atoms with E-state index < -0.39 is 5.54 Å². The van der Waals surface area contributed by atoms with Crippen molar-refractivity contribution in [2.45, 2.75) is 18.9 Å². The molecule has 3 rings (SSSR count). The predicted octanol–water partition coefficient (Wildman–Crippen LogP) is 3.13. The number of aryl methyl sites for hydroxylation is 1. The van der Waals surface area contributed by atoms with Gasteiger partial charge in [0.05, 0.1) is 11.0 Å². The quantitative estimate of drug-likeness (QED) is 0.802. The van der Waals surface area contributed by atoms with Crippen LogP contribution < -0.4 is 5.73 Å². The van der Waals surface area contributed by atoms with Crippen LogP contribution in [0.2, 0.25) is 0 Å². The molecule has 0 radical (unpaired) electrons. The van der Waals surface area contributed by atoms with Gasteiger partial charge in [-0.25, -0.2) is 9.37 Å². The van der Waals surface area contributed by atoms with Crippen LogP contribution in [0.5, 0.6) is 0 Å². The normalized spacial score (nSPS) is 14.3. The lowest BCUT2D eigenvalue weighted by atomic mass is 9.89. The summed E-state index contributed by atoms with van der Waals surface area (Å²) >= 11 is 0. The average molecular weight is 283 g/mol. The second-order valence-corrected chi connectivity index (χ2v) is 5.68. The Morgan fingerprint density at radius 3 is 2.67 bits per heavy atom. The highest BCUT2D eigenvalue weighted by Gasteiger charge is 2.25. The van der Waals surface area contributed by atoms with Crippen molar-refractivity contribution in [2.75, 3.05) is 0 Å². The Balaban J connectivity index is 1.99. The lowest BCUT2D eigenvalue weighted by molar-refractivity contribution is 0.468. The molecule has 1 heterocycles. The average Bonchev–Trinajstić information content (AvgIpc) is 2.75. The van der Waals surface area contributed by atoms with Gasteiger partial charge in [0, 0.05) is 19.0 Å². The van der Waals surface area contributed by atoms with Crippen molar-refractivity contribution >= 4 is 11.0 Å². The molecule has 0 aliphatic carbocycles. The molecule has 2 aromatic carbocycles. The second kappa shape index (κ2) is 4.97. The molecule has 1 atom stereocenters. The highest BCUT2D eigenvalue weighted by Crippen LogP contribution is 2.24. The Morgan fingerprint density at radius 2 is 1.95 bits per heavy atom. The van der Waals surface area contributed by atoms with Crippen LogP contribution in [0.3, 0.4) is 0 Å². The number of para-hydroxylation sites is 2. The van der Waals surface area contributed by atoms with Gasteiger partial charge in [-0.15, -0.1) is 0 Å².